The molecule has 0 radical (unpaired) electrons. The summed E-state index contributed by atoms with van der Waals surface area (Å²) < 4.78 is 38.8. The fourth-order valence-corrected chi connectivity index (χ4v) is 4.84. The number of fused-ring (bicyclic) bond motifs is 2. The van der Waals surface area contributed by atoms with Gasteiger partial charge in [-0.3, -0.25) is 0 Å². The van der Waals surface area contributed by atoms with Crippen molar-refractivity contribution in [2.45, 2.75) is 9.79 Å². The summed E-state index contributed by atoms with van der Waals surface area (Å²) in [4.78, 5) is 9.04. The number of furan rings is 1. The molecule has 10 heteroatoms. The summed E-state index contributed by atoms with van der Waals surface area (Å²) in [6.45, 7) is 0. The lowest BCUT2D eigenvalue weighted by molar-refractivity contribution is 0.414. The van der Waals surface area contributed by atoms with E-state index in [4.69, 9.17) is 14.9 Å². The molecule has 0 fully saturated rings. The molecule has 0 aliphatic rings. The molecule has 2 N–H and O–H groups in total. The Morgan fingerprint density at radius 3 is 2.41 bits per heavy atom. The maximum Gasteiger partial charge on any atom is 0.212 e. The minimum atomic E-state index is -4.04. The zero-order chi connectivity index (χ0) is 22.3. The fraction of sp³-hybridized carbons (Fsp3) is 0.0455. The second kappa shape index (κ2) is 7.50. The van der Waals surface area contributed by atoms with E-state index >= 15 is 0 Å². The van der Waals surface area contributed by atoms with Gasteiger partial charge in [0, 0.05) is 0 Å². The summed E-state index contributed by atoms with van der Waals surface area (Å²) in [7, 11) is -2.54. The molecule has 0 aliphatic heterocycles. The molecule has 0 aliphatic carbocycles. The highest BCUT2D eigenvalue weighted by Gasteiger charge is 2.30. The molecule has 0 unspecified atom stereocenters. The molecular weight excluding hydrogens is 430 g/mol. The van der Waals surface area contributed by atoms with Gasteiger partial charge in [0.1, 0.15) is 27.7 Å². The van der Waals surface area contributed by atoms with Crippen molar-refractivity contribution in [1.82, 2.24) is 14.6 Å². The van der Waals surface area contributed by atoms with Crippen LogP contribution >= 0.6 is 0 Å². The Morgan fingerprint density at radius 1 is 1.03 bits per heavy atom. The number of nitrogens with zero attached hydrogens (tertiary/aromatic N) is 4. The number of aromatic nitrogens is 3. The largest absolute Gasteiger partial charge is 0.497 e. The molecular formula is C22H17N5O4S. The number of methoxy groups -OCH3 is 1. The Kier molecular flexibility index (Phi) is 4.63. The highest BCUT2D eigenvalue weighted by Crippen LogP contribution is 2.35. The van der Waals surface area contributed by atoms with Gasteiger partial charge in [0.2, 0.25) is 9.84 Å². The monoisotopic (exact) mass is 447 g/mol. The predicted octanol–water partition coefficient (Wildman–Crippen LogP) is 3.48. The van der Waals surface area contributed by atoms with Crippen molar-refractivity contribution in [2.75, 3.05) is 12.8 Å². The molecule has 5 aromatic rings. The first-order valence-electron chi connectivity index (χ1n) is 9.53. The molecule has 0 amide bonds. The number of ether oxygens (including phenoxy) is 1. The lowest BCUT2D eigenvalue weighted by Gasteiger charge is -2.06. The number of rotatable bonds is 5. The van der Waals surface area contributed by atoms with E-state index < -0.39 is 9.84 Å². The highest BCUT2D eigenvalue weighted by molar-refractivity contribution is 7.92. The third kappa shape index (κ3) is 3.17. The van der Waals surface area contributed by atoms with Gasteiger partial charge in [-0.1, -0.05) is 12.1 Å². The maximum atomic E-state index is 13.6. The zero-order valence-corrected chi connectivity index (χ0v) is 17.7. The van der Waals surface area contributed by atoms with Crippen molar-refractivity contribution in [3.63, 3.8) is 0 Å². The number of nitrogen functional groups attached to an aromatic ring is 1. The summed E-state index contributed by atoms with van der Waals surface area (Å²) in [5.74, 6) is 0.904. The van der Waals surface area contributed by atoms with E-state index in [0.717, 1.165) is 0 Å². The first kappa shape index (κ1) is 19.8. The third-order valence-corrected chi connectivity index (χ3v) is 6.74. The van der Waals surface area contributed by atoms with Gasteiger partial charge in [-0.15, -0.1) is 0 Å². The van der Waals surface area contributed by atoms with Crippen LogP contribution in [0, 0.1) is 0 Å². The SMILES string of the molecule is COc1ccc(S(=O)(=O)c2c(N)n(/N=C/c3ccco3)c3nc4ccccc4nc23)cc1. The standard InChI is InChI=1S/C22H17N5O4S/c1-30-14-8-10-16(11-9-14)32(28,29)20-19-22(26-18-7-3-2-6-17(18)25-19)27(21(20)23)24-13-15-5-4-12-31-15/h2-13H,23H2,1H3/b24-13+. The first-order valence-corrected chi connectivity index (χ1v) is 11.0. The van der Waals surface area contributed by atoms with Crippen molar-refractivity contribution in [1.29, 1.82) is 0 Å². The quantitative estimate of drug-likeness (QED) is 0.409. The van der Waals surface area contributed by atoms with Crippen LogP contribution in [-0.2, 0) is 9.84 Å². The summed E-state index contributed by atoms with van der Waals surface area (Å²) in [6.07, 6.45) is 2.93. The lowest BCUT2D eigenvalue weighted by atomic mass is 10.3. The Balaban J connectivity index is 1.79. The second-order valence-electron chi connectivity index (χ2n) is 6.85. The Morgan fingerprint density at radius 2 is 1.75 bits per heavy atom. The molecule has 0 bridgehead atoms. The van der Waals surface area contributed by atoms with Gasteiger partial charge in [0.05, 0.1) is 35.5 Å². The van der Waals surface area contributed by atoms with Crippen LogP contribution in [0.5, 0.6) is 5.75 Å². The molecule has 3 aromatic heterocycles. The van der Waals surface area contributed by atoms with Crippen LogP contribution in [0.1, 0.15) is 5.76 Å². The molecule has 0 spiro atoms. The molecule has 160 valence electrons. The number of benzene rings is 2. The van der Waals surface area contributed by atoms with E-state index in [-0.39, 0.29) is 26.8 Å². The number of nitrogens with two attached hydrogens (primary N) is 1. The molecule has 9 nitrogen and oxygen atoms in total. The molecule has 32 heavy (non-hydrogen) atoms. The molecule has 5 rings (SSSR count). The summed E-state index contributed by atoms with van der Waals surface area (Å²) in [5, 5.41) is 4.32. The van der Waals surface area contributed by atoms with Gasteiger partial charge in [-0.25, -0.2) is 18.4 Å². The lowest BCUT2D eigenvalue weighted by Crippen LogP contribution is -2.06. The number of hydrogen-bond donors (Lipinski definition) is 1. The Bertz CT molecular complexity index is 1570. The summed E-state index contributed by atoms with van der Waals surface area (Å²) in [6, 6.07) is 16.6. The van der Waals surface area contributed by atoms with E-state index in [1.807, 2.05) is 6.07 Å². The van der Waals surface area contributed by atoms with Crippen LogP contribution < -0.4 is 10.5 Å². The number of para-hydroxylation sites is 2. The van der Waals surface area contributed by atoms with Gasteiger partial charge in [0.25, 0.3) is 0 Å². The van der Waals surface area contributed by atoms with Crippen LogP contribution in [0.15, 0.2) is 86.2 Å². The number of anilines is 1. The van der Waals surface area contributed by atoms with Crippen LogP contribution in [0.4, 0.5) is 5.82 Å². The van der Waals surface area contributed by atoms with Crippen molar-refractivity contribution >= 4 is 44.1 Å². The minimum Gasteiger partial charge on any atom is -0.497 e. The van der Waals surface area contributed by atoms with Gasteiger partial charge >= 0.3 is 0 Å². The van der Waals surface area contributed by atoms with Gasteiger partial charge in [-0.05, 0) is 48.5 Å². The van der Waals surface area contributed by atoms with Crippen LogP contribution in [0.25, 0.3) is 22.2 Å². The van der Waals surface area contributed by atoms with Crippen LogP contribution in [-0.4, -0.2) is 36.4 Å². The van der Waals surface area contributed by atoms with Crippen LogP contribution in [0.2, 0.25) is 0 Å². The average molecular weight is 447 g/mol. The van der Waals surface area contributed by atoms with Crippen molar-refractivity contribution in [3.8, 4) is 5.75 Å². The topological polar surface area (TPSA) is 126 Å². The van der Waals surface area contributed by atoms with Gasteiger partial charge in [0.15, 0.2) is 5.65 Å². The number of hydrogen-bond acceptors (Lipinski definition) is 8. The second-order valence-corrected chi connectivity index (χ2v) is 8.74. The average Bonchev–Trinajstić information content (AvgIpc) is 3.41. The van der Waals surface area contributed by atoms with Gasteiger partial charge in [-0.2, -0.15) is 9.78 Å². The molecule has 2 aromatic carbocycles. The third-order valence-electron chi connectivity index (χ3n) is 4.91. The van der Waals surface area contributed by atoms with Crippen LogP contribution in [0.3, 0.4) is 0 Å². The summed E-state index contributed by atoms with van der Waals surface area (Å²) >= 11 is 0. The van der Waals surface area contributed by atoms with Gasteiger partial charge < -0.3 is 14.9 Å². The molecule has 3 heterocycles. The van der Waals surface area contributed by atoms with E-state index in [1.165, 1.54) is 36.4 Å². The Labute approximate surface area is 182 Å². The fourth-order valence-electron chi connectivity index (χ4n) is 3.36. The molecule has 0 saturated heterocycles. The maximum absolute atomic E-state index is 13.6. The van der Waals surface area contributed by atoms with Crippen molar-refractivity contribution in [3.05, 3.63) is 72.7 Å². The zero-order valence-electron chi connectivity index (χ0n) is 16.8. The minimum absolute atomic E-state index is 0.0500. The van der Waals surface area contributed by atoms with E-state index in [2.05, 4.69) is 15.1 Å². The molecule has 0 atom stereocenters. The van der Waals surface area contributed by atoms with Crippen molar-refractivity contribution < 1.29 is 17.6 Å². The smallest absolute Gasteiger partial charge is 0.212 e. The Hall–Kier alpha value is -4.18. The molecule has 0 saturated carbocycles. The first-order chi connectivity index (χ1) is 15.5. The number of sulfone groups is 1. The van der Waals surface area contributed by atoms with E-state index in [0.29, 0.717) is 22.5 Å². The predicted molar refractivity (Wildman–Crippen MR) is 120 cm³/mol. The van der Waals surface area contributed by atoms with Crippen molar-refractivity contribution in [2.24, 2.45) is 5.10 Å². The normalized spacial score (nSPS) is 12.2. The van der Waals surface area contributed by atoms with E-state index in [9.17, 15) is 8.42 Å². The van der Waals surface area contributed by atoms with E-state index in [1.54, 1.807) is 42.5 Å². The summed E-state index contributed by atoms with van der Waals surface area (Å²) in [5.41, 5.74) is 7.81. The highest BCUT2D eigenvalue weighted by atomic mass is 32.2.